The highest BCUT2D eigenvalue weighted by atomic mass is 32.2. The first-order valence-corrected chi connectivity index (χ1v) is 8.68. The molecule has 0 fully saturated rings. The normalized spacial score (nSPS) is 10.8. The number of amides is 1. The Labute approximate surface area is 139 Å². The average Bonchev–Trinajstić information content (AvgIpc) is 2.98. The van der Waals surface area contributed by atoms with Crippen molar-refractivity contribution in [2.24, 2.45) is 0 Å². The maximum Gasteiger partial charge on any atom is 0.220 e. The summed E-state index contributed by atoms with van der Waals surface area (Å²) in [7, 11) is 0. The molecule has 4 nitrogen and oxygen atoms in total. The first-order valence-electron chi connectivity index (χ1n) is 7.69. The van der Waals surface area contributed by atoms with Crippen molar-refractivity contribution in [1.82, 2.24) is 15.3 Å². The highest BCUT2D eigenvalue weighted by Gasteiger charge is 2.04. The smallest absolute Gasteiger partial charge is 0.220 e. The summed E-state index contributed by atoms with van der Waals surface area (Å²) >= 11 is 1.70. The van der Waals surface area contributed by atoms with Crippen LogP contribution in [0.15, 0.2) is 59.5 Å². The molecule has 1 heterocycles. The second kappa shape index (κ2) is 7.83. The SMILES string of the molecule is O=C(CCSc1ccccc1)NCCc1nc2ccccc2[nH]1. The number of nitrogens with one attached hydrogen (secondary N) is 2. The van der Waals surface area contributed by atoms with Crippen LogP contribution in [-0.4, -0.2) is 28.2 Å². The van der Waals surface area contributed by atoms with Gasteiger partial charge in [0.1, 0.15) is 5.82 Å². The van der Waals surface area contributed by atoms with E-state index in [9.17, 15) is 4.79 Å². The van der Waals surface area contributed by atoms with Crippen molar-refractivity contribution in [3.8, 4) is 0 Å². The van der Waals surface area contributed by atoms with Gasteiger partial charge in [-0.1, -0.05) is 30.3 Å². The number of thioether (sulfide) groups is 1. The van der Waals surface area contributed by atoms with Crippen molar-refractivity contribution in [3.05, 3.63) is 60.4 Å². The number of carbonyl (C=O) groups excluding carboxylic acids is 1. The number of hydrogen-bond acceptors (Lipinski definition) is 3. The van der Waals surface area contributed by atoms with Crippen LogP contribution in [0.25, 0.3) is 11.0 Å². The topological polar surface area (TPSA) is 57.8 Å². The van der Waals surface area contributed by atoms with E-state index in [1.165, 1.54) is 4.90 Å². The summed E-state index contributed by atoms with van der Waals surface area (Å²) in [6, 6.07) is 18.1. The Balaban J connectivity index is 1.37. The molecule has 0 aliphatic heterocycles. The first kappa shape index (κ1) is 15.6. The largest absolute Gasteiger partial charge is 0.356 e. The molecule has 0 spiro atoms. The van der Waals surface area contributed by atoms with Gasteiger partial charge in [-0.3, -0.25) is 4.79 Å². The van der Waals surface area contributed by atoms with Crippen molar-refractivity contribution < 1.29 is 4.79 Å². The third-order valence-corrected chi connectivity index (χ3v) is 4.48. The number of rotatable bonds is 7. The number of aromatic nitrogens is 2. The molecule has 118 valence electrons. The summed E-state index contributed by atoms with van der Waals surface area (Å²) in [6.45, 7) is 0.606. The fourth-order valence-electron chi connectivity index (χ4n) is 2.31. The summed E-state index contributed by atoms with van der Waals surface area (Å²) in [5.41, 5.74) is 2.00. The Kier molecular flexibility index (Phi) is 5.32. The number of nitrogens with zero attached hydrogens (tertiary/aromatic N) is 1. The molecule has 5 heteroatoms. The predicted octanol–water partition coefficient (Wildman–Crippen LogP) is 3.40. The third-order valence-electron chi connectivity index (χ3n) is 3.46. The van der Waals surface area contributed by atoms with Gasteiger partial charge in [-0.05, 0) is 24.3 Å². The summed E-state index contributed by atoms with van der Waals surface area (Å²) in [5.74, 6) is 1.79. The summed E-state index contributed by atoms with van der Waals surface area (Å²) in [6.07, 6.45) is 1.24. The van der Waals surface area contributed by atoms with Gasteiger partial charge in [0.05, 0.1) is 11.0 Å². The number of hydrogen-bond donors (Lipinski definition) is 2. The Bertz CT molecular complexity index is 737. The second-order valence-corrected chi connectivity index (χ2v) is 6.38. The van der Waals surface area contributed by atoms with E-state index in [1.807, 2.05) is 42.5 Å². The lowest BCUT2D eigenvalue weighted by Gasteiger charge is -2.04. The van der Waals surface area contributed by atoms with Crippen LogP contribution in [0.4, 0.5) is 0 Å². The quantitative estimate of drug-likeness (QED) is 0.655. The van der Waals surface area contributed by atoms with Crippen LogP contribution in [0.5, 0.6) is 0 Å². The predicted molar refractivity (Wildman–Crippen MR) is 94.6 cm³/mol. The van der Waals surface area contributed by atoms with Gasteiger partial charge in [0.25, 0.3) is 0 Å². The third kappa shape index (κ3) is 4.60. The number of imidazole rings is 1. The van der Waals surface area contributed by atoms with Gasteiger partial charge in [-0.25, -0.2) is 4.98 Å². The molecule has 23 heavy (non-hydrogen) atoms. The molecule has 0 radical (unpaired) electrons. The van der Waals surface area contributed by atoms with Gasteiger partial charge >= 0.3 is 0 Å². The Morgan fingerprint density at radius 1 is 1.09 bits per heavy atom. The molecule has 1 aromatic heterocycles. The second-order valence-electron chi connectivity index (χ2n) is 5.21. The minimum atomic E-state index is 0.0875. The number of para-hydroxylation sites is 2. The van der Waals surface area contributed by atoms with Crippen LogP contribution in [-0.2, 0) is 11.2 Å². The molecule has 0 bridgehead atoms. The number of aromatic amines is 1. The Morgan fingerprint density at radius 3 is 2.70 bits per heavy atom. The van der Waals surface area contributed by atoms with Crippen molar-refractivity contribution in [2.75, 3.05) is 12.3 Å². The van der Waals surface area contributed by atoms with E-state index >= 15 is 0 Å². The average molecular weight is 325 g/mol. The van der Waals surface area contributed by atoms with E-state index in [0.29, 0.717) is 19.4 Å². The summed E-state index contributed by atoms with van der Waals surface area (Å²) in [5, 5.41) is 2.95. The first-order chi connectivity index (χ1) is 11.3. The number of benzene rings is 2. The van der Waals surface area contributed by atoms with E-state index in [4.69, 9.17) is 0 Å². The van der Waals surface area contributed by atoms with E-state index in [2.05, 4.69) is 27.4 Å². The van der Waals surface area contributed by atoms with E-state index in [-0.39, 0.29) is 5.91 Å². The summed E-state index contributed by atoms with van der Waals surface area (Å²) < 4.78 is 0. The van der Waals surface area contributed by atoms with Crippen molar-refractivity contribution in [1.29, 1.82) is 0 Å². The standard InChI is InChI=1S/C18H19N3OS/c22-18(11-13-23-14-6-2-1-3-7-14)19-12-10-17-20-15-8-4-5-9-16(15)21-17/h1-9H,10-13H2,(H,19,22)(H,20,21). The zero-order valence-corrected chi connectivity index (χ0v) is 13.6. The molecule has 0 saturated heterocycles. The number of H-pyrrole nitrogens is 1. The fourth-order valence-corrected chi connectivity index (χ4v) is 3.18. The van der Waals surface area contributed by atoms with E-state index < -0.39 is 0 Å². The van der Waals surface area contributed by atoms with Crippen molar-refractivity contribution in [3.63, 3.8) is 0 Å². The lowest BCUT2D eigenvalue weighted by Crippen LogP contribution is -2.26. The minimum Gasteiger partial charge on any atom is -0.356 e. The van der Waals surface area contributed by atoms with Crippen LogP contribution < -0.4 is 5.32 Å². The Morgan fingerprint density at radius 2 is 1.87 bits per heavy atom. The van der Waals surface area contributed by atoms with Gasteiger partial charge in [-0.2, -0.15) is 0 Å². The molecule has 0 atom stereocenters. The molecular weight excluding hydrogens is 306 g/mol. The van der Waals surface area contributed by atoms with E-state index in [0.717, 1.165) is 22.6 Å². The molecule has 0 saturated carbocycles. The maximum absolute atomic E-state index is 11.8. The van der Waals surface area contributed by atoms with Crippen LogP contribution in [0.3, 0.4) is 0 Å². The minimum absolute atomic E-state index is 0.0875. The molecule has 2 N–H and O–H groups in total. The molecule has 2 aromatic carbocycles. The van der Waals surface area contributed by atoms with Gasteiger partial charge < -0.3 is 10.3 Å². The molecule has 0 aliphatic carbocycles. The van der Waals surface area contributed by atoms with Gasteiger partial charge in [-0.15, -0.1) is 11.8 Å². The zero-order chi connectivity index (χ0) is 15.9. The maximum atomic E-state index is 11.8. The molecule has 3 rings (SSSR count). The number of fused-ring (bicyclic) bond motifs is 1. The Hall–Kier alpha value is -2.27. The fraction of sp³-hybridized carbons (Fsp3) is 0.222. The van der Waals surface area contributed by atoms with Crippen LogP contribution in [0, 0.1) is 0 Å². The van der Waals surface area contributed by atoms with E-state index in [1.54, 1.807) is 11.8 Å². The van der Waals surface area contributed by atoms with Crippen molar-refractivity contribution in [2.45, 2.75) is 17.7 Å². The lowest BCUT2D eigenvalue weighted by atomic mass is 10.3. The van der Waals surface area contributed by atoms with Crippen molar-refractivity contribution >= 4 is 28.7 Å². The van der Waals surface area contributed by atoms with Gasteiger partial charge in [0.2, 0.25) is 5.91 Å². The summed E-state index contributed by atoms with van der Waals surface area (Å²) in [4.78, 5) is 20.8. The van der Waals surface area contributed by atoms with Crippen LogP contribution in [0.2, 0.25) is 0 Å². The molecule has 0 aliphatic rings. The molecule has 1 amide bonds. The lowest BCUT2D eigenvalue weighted by molar-refractivity contribution is -0.120. The van der Waals surface area contributed by atoms with Crippen LogP contribution >= 0.6 is 11.8 Å². The highest BCUT2D eigenvalue weighted by molar-refractivity contribution is 7.99. The monoisotopic (exact) mass is 325 g/mol. The van der Waals surface area contributed by atoms with Gasteiger partial charge in [0, 0.05) is 30.0 Å². The molecule has 0 unspecified atom stereocenters. The van der Waals surface area contributed by atoms with Gasteiger partial charge in [0.15, 0.2) is 0 Å². The highest BCUT2D eigenvalue weighted by Crippen LogP contribution is 2.17. The zero-order valence-electron chi connectivity index (χ0n) is 12.8. The number of carbonyl (C=O) groups is 1. The van der Waals surface area contributed by atoms with Crippen LogP contribution in [0.1, 0.15) is 12.2 Å². The molecule has 3 aromatic rings. The molecular formula is C18H19N3OS.